The van der Waals surface area contributed by atoms with E-state index in [1.807, 2.05) is 0 Å². The summed E-state index contributed by atoms with van der Waals surface area (Å²) >= 11 is 0. The number of hydrogen-bond donors (Lipinski definition) is 2. The molecular formula is C11H18O6. The third-order valence-corrected chi connectivity index (χ3v) is 2.52. The molecule has 1 saturated heterocycles. The monoisotopic (exact) mass is 246 g/mol. The molecule has 0 saturated carbocycles. The number of cyclic esters (lactones) is 2. The number of rotatable bonds is 3. The molecule has 6 nitrogen and oxygen atoms in total. The fourth-order valence-corrected chi connectivity index (χ4v) is 1.58. The molecule has 0 aromatic carbocycles. The van der Waals surface area contributed by atoms with E-state index in [9.17, 15) is 19.8 Å². The molecule has 1 aliphatic heterocycles. The zero-order chi connectivity index (χ0) is 12.9. The second-order valence-corrected chi connectivity index (χ2v) is 4.09. The van der Waals surface area contributed by atoms with Crippen molar-refractivity contribution >= 4 is 11.9 Å². The average Bonchev–Trinajstić information content (AvgIpc) is 2.29. The van der Waals surface area contributed by atoms with Gasteiger partial charge in [-0.15, -0.1) is 0 Å². The normalized spacial score (nSPS) is 22.8. The maximum Gasteiger partial charge on any atom is 0.401 e. The lowest BCUT2D eigenvalue weighted by molar-refractivity contribution is -0.361. The van der Waals surface area contributed by atoms with Gasteiger partial charge in [0.05, 0.1) is 0 Å². The molecule has 1 heterocycles. The number of ether oxygens (including phenoxy) is 2. The molecule has 0 aromatic rings. The van der Waals surface area contributed by atoms with Crippen LogP contribution in [-0.2, 0) is 19.1 Å². The van der Waals surface area contributed by atoms with Crippen molar-refractivity contribution in [1.82, 2.24) is 0 Å². The van der Waals surface area contributed by atoms with Crippen molar-refractivity contribution in [3.05, 3.63) is 0 Å². The van der Waals surface area contributed by atoms with Crippen molar-refractivity contribution in [2.24, 2.45) is 0 Å². The average molecular weight is 246 g/mol. The first-order valence-corrected chi connectivity index (χ1v) is 5.82. The topological polar surface area (TPSA) is 93.1 Å². The van der Waals surface area contributed by atoms with Gasteiger partial charge in [0.2, 0.25) is 0 Å². The highest BCUT2D eigenvalue weighted by atomic mass is 16.8. The van der Waals surface area contributed by atoms with Crippen LogP contribution in [0, 0.1) is 0 Å². The molecule has 1 atom stereocenters. The van der Waals surface area contributed by atoms with E-state index in [-0.39, 0.29) is 19.3 Å². The standard InChI is InChI=1S/C11H18O6/c1-2-5-8(12)11(15)16-9(13)6-3-4-7-10(14)17-11/h8,12,15H,2-7H2,1H3. The Kier molecular flexibility index (Phi) is 4.89. The van der Waals surface area contributed by atoms with E-state index in [4.69, 9.17) is 0 Å². The molecule has 0 aromatic heterocycles. The number of aliphatic hydroxyl groups excluding tert-OH is 1. The van der Waals surface area contributed by atoms with Gasteiger partial charge in [0.25, 0.3) is 0 Å². The Balaban J connectivity index is 2.81. The minimum atomic E-state index is -2.55. The van der Waals surface area contributed by atoms with E-state index in [1.165, 1.54) is 0 Å². The molecule has 1 unspecified atom stereocenters. The van der Waals surface area contributed by atoms with Crippen LogP contribution < -0.4 is 0 Å². The smallest absolute Gasteiger partial charge is 0.396 e. The molecule has 1 rings (SSSR count). The van der Waals surface area contributed by atoms with Gasteiger partial charge in [-0.3, -0.25) is 9.59 Å². The van der Waals surface area contributed by atoms with Crippen molar-refractivity contribution in [2.45, 2.75) is 57.5 Å². The van der Waals surface area contributed by atoms with Crippen LogP contribution in [0.3, 0.4) is 0 Å². The summed E-state index contributed by atoms with van der Waals surface area (Å²) in [4.78, 5) is 22.7. The Bertz CT molecular complexity index is 268. The Morgan fingerprint density at radius 2 is 1.71 bits per heavy atom. The van der Waals surface area contributed by atoms with E-state index >= 15 is 0 Å². The van der Waals surface area contributed by atoms with Crippen molar-refractivity contribution in [2.75, 3.05) is 0 Å². The summed E-state index contributed by atoms with van der Waals surface area (Å²) in [5.41, 5.74) is 0. The quantitative estimate of drug-likeness (QED) is 0.702. The molecule has 1 fully saturated rings. The summed E-state index contributed by atoms with van der Waals surface area (Å²) in [5, 5.41) is 19.6. The summed E-state index contributed by atoms with van der Waals surface area (Å²) in [6.07, 6.45) is 0.464. The first-order valence-electron chi connectivity index (χ1n) is 5.82. The predicted molar refractivity (Wildman–Crippen MR) is 56.5 cm³/mol. The lowest BCUT2D eigenvalue weighted by atomic mass is 10.2. The molecular weight excluding hydrogens is 228 g/mol. The molecule has 17 heavy (non-hydrogen) atoms. The van der Waals surface area contributed by atoms with Crippen LogP contribution in [0.2, 0.25) is 0 Å². The van der Waals surface area contributed by atoms with Crippen molar-refractivity contribution < 1.29 is 29.3 Å². The predicted octanol–water partition coefficient (Wildman–Crippen LogP) is 0.454. The number of esters is 2. The zero-order valence-electron chi connectivity index (χ0n) is 9.85. The van der Waals surface area contributed by atoms with Crippen molar-refractivity contribution in [3.8, 4) is 0 Å². The summed E-state index contributed by atoms with van der Waals surface area (Å²) in [6, 6.07) is 0. The minimum absolute atomic E-state index is 0.0950. The molecule has 98 valence electrons. The molecule has 2 N–H and O–H groups in total. The number of aliphatic hydroxyl groups is 2. The summed E-state index contributed by atoms with van der Waals surface area (Å²) < 4.78 is 9.33. The van der Waals surface area contributed by atoms with Crippen LogP contribution >= 0.6 is 0 Å². The third-order valence-electron chi connectivity index (χ3n) is 2.52. The third kappa shape index (κ3) is 3.98. The summed E-state index contributed by atoms with van der Waals surface area (Å²) in [7, 11) is 0. The second-order valence-electron chi connectivity index (χ2n) is 4.09. The van der Waals surface area contributed by atoms with Gasteiger partial charge in [0.1, 0.15) is 0 Å². The first kappa shape index (κ1) is 13.9. The molecule has 0 amide bonds. The zero-order valence-corrected chi connectivity index (χ0v) is 9.85. The van der Waals surface area contributed by atoms with Crippen LogP contribution in [0.25, 0.3) is 0 Å². The van der Waals surface area contributed by atoms with E-state index in [1.54, 1.807) is 6.92 Å². The highest BCUT2D eigenvalue weighted by molar-refractivity contribution is 5.72. The van der Waals surface area contributed by atoms with Gasteiger partial charge in [0, 0.05) is 12.8 Å². The van der Waals surface area contributed by atoms with Crippen molar-refractivity contribution in [3.63, 3.8) is 0 Å². The van der Waals surface area contributed by atoms with Gasteiger partial charge in [-0.05, 0) is 19.3 Å². The largest absolute Gasteiger partial charge is 0.401 e. The Hall–Kier alpha value is -1.14. The van der Waals surface area contributed by atoms with Crippen LogP contribution in [0.4, 0.5) is 0 Å². The number of carbonyl (C=O) groups is 2. The van der Waals surface area contributed by atoms with Gasteiger partial charge >= 0.3 is 17.9 Å². The van der Waals surface area contributed by atoms with Gasteiger partial charge in [-0.2, -0.15) is 0 Å². The molecule has 0 spiro atoms. The van der Waals surface area contributed by atoms with Gasteiger partial charge in [-0.1, -0.05) is 13.3 Å². The van der Waals surface area contributed by atoms with Crippen LogP contribution in [0.5, 0.6) is 0 Å². The highest BCUT2D eigenvalue weighted by Gasteiger charge is 2.44. The number of carbonyl (C=O) groups excluding carboxylic acids is 2. The maximum absolute atomic E-state index is 11.3. The fraction of sp³-hybridized carbons (Fsp3) is 0.818. The van der Waals surface area contributed by atoms with E-state index < -0.39 is 24.0 Å². The van der Waals surface area contributed by atoms with Crippen LogP contribution in [0.15, 0.2) is 0 Å². The Labute approximate surface area is 99.5 Å². The molecule has 1 aliphatic rings. The fourth-order valence-electron chi connectivity index (χ4n) is 1.58. The van der Waals surface area contributed by atoms with E-state index in [2.05, 4.69) is 9.47 Å². The Morgan fingerprint density at radius 1 is 1.24 bits per heavy atom. The Morgan fingerprint density at radius 3 is 2.12 bits per heavy atom. The van der Waals surface area contributed by atoms with Crippen LogP contribution in [-0.4, -0.2) is 34.2 Å². The SMILES string of the molecule is CCCC(O)C1(O)OC(=O)CCCCC(=O)O1. The number of hydrogen-bond acceptors (Lipinski definition) is 6. The summed E-state index contributed by atoms with van der Waals surface area (Å²) in [5.74, 6) is -3.91. The van der Waals surface area contributed by atoms with Gasteiger partial charge < -0.3 is 19.7 Å². The van der Waals surface area contributed by atoms with Gasteiger partial charge in [-0.25, -0.2) is 0 Å². The molecule has 0 aliphatic carbocycles. The van der Waals surface area contributed by atoms with Crippen molar-refractivity contribution in [1.29, 1.82) is 0 Å². The maximum atomic E-state index is 11.3. The first-order chi connectivity index (χ1) is 7.98. The molecule has 0 radical (unpaired) electrons. The lowest BCUT2D eigenvalue weighted by Crippen LogP contribution is -2.49. The van der Waals surface area contributed by atoms with E-state index in [0.29, 0.717) is 19.3 Å². The highest BCUT2D eigenvalue weighted by Crippen LogP contribution is 2.23. The molecule has 0 bridgehead atoms. The lowest BCUT2D eigenvalue weighted by Gasteiger charge is -2.30. The summed E-state index contributed by atoms with van der Waals surface area (Å²) in [6.45, 7) is 1.78. The van der Waals surface area contributed by atoms with Gasteiger partial charge in [0.15, 0.2) is 6.10 Å². The molecule has 6 heteroatoms. The second kappa shape index (κ2) is 5.97. The minimum Gasteiger partial charge on any atom is -0.396 e. The van der Waals surface area contributed by atoms with E-state index in [0.717, 1.165) is 0 Å². The van der Waals surface area contributed by atoms with Crippen LogP contribution in [0.1, 0.15) is 45.4 Å².